The fraction of sp³-hybridized carbons (Fsp3) is 0.200. The Morgan fingerprint density at radius 2 is 1.93 bits per heavy atom. The summed E-state index contributed by atoms with van der Waals surface area (Å²) in [6.07, 6.45) is 0.271. The number of hydrogen-bond acceptors (Lipinski definition) is 3. The van der Waals surface area contributed by atoms with Gasteiger partial charge in [-0.05, 0) is 12.0 Å². The van der Waals surface area contributed by atoms with Gasteiger partial charge >= 0.3 is 5.97 Å². The van der Waals surface area contributed by atoms with Crippen molar-refractivity contribution in [3.05, 3.63) is 35.4 Å². The minimum atomic E-state index is -1.02. The first-order valence-corrected chi connectivity index (χ1v) is 4.42. The van der Waals surface area contributed by atoms with E-state index < -0.39 is 12.0 Å². The first kappa shape index (κ1) is 11.2. The molecule has 0 unspecified atom stereocenters. The Hall–Kier alpha value is -1.88. The molecule has 0 saturated carbocycles. The number of nitrogens with one attached hydrogen (secondary N) is 1. The van der Waals surface area contributed by atoms with E-state index in [0.29, 0.717) is 5.56 Å². The van der Waals surface area contributed by atoms with Crippen molar-refractivity contribution < 1.29 is 9.90 Å². The molecule has 80 valence electrons. The maximum Gasteiger partial charge on any atom is 0.320 e. The standard InChI is InChI=1S/C10H13N3O2/c11-8(10(14)15)5-6-1-3-7(4-2-6)9(12)13/h1-4,8H,5,11H2,(H3,12,13)(H,14,15)/t8-/m1/s1. The predicted octanol–water partition coefficient (Wildman–Crippen LogP) is -0.0749. The summed E-state index contributed by atoms with van der Waals surface area (Å²) >= 11 is 0. The monoisotopic (exact) mass is 207 g/mol. The van der Waals surface area contributed by atoms with Gasteiger partial charge in [0.1, 0.15) is 11.9 Å². The lowest BCUT2D eigenvalue weighted by Crippen LogP contribution is -2.32. The van der Waals surface area contributed by atoms with E-state index in [0.717, 1.165) is 5.56 Å². The Morgan fingerprint density at radius 1 is 1.40 bits per heavy atom. The summed E-state index contributed by atoms with van der Waals surface area (Å²) in [5.74, 6) is -1.03. The molecule has 1 atom stereocenters. The Balaban J connectivity index is 2.72. The smallest absolute Gasteiger partial charge is 0.320 e. The molecule has 0 spiro atoms. The third-order valence-electron chi connectivity index (χ3n) is 2.04. The fourth-order valence-electron chi connectivity index (χ4n) is 1.16. The highest BCUT2D eigenvalue weighted by atomic mass is 16.4. The van der Waals surface area contributed by atoms with E-state index in [9.17, 15) is 4.79 Å². The lowest BCUT2D eigenvalue weighted by molar-refractivity contribution is -0.138. The molecule has 6 N–H and O–H groups in total. The average molecular weight is 207 g/mol. The Kier molecular flexibility index (Phi) is 3.41. The summed E-state index contributed by atoms with van der Waals surface area (Å²) in [5, 5.41) is 15.8. The molecule has 5 heteroatoms. The van der Waals surface area contributed by atoms with E-state index in [1.165, 1.54) is 0 Å². The van der Waals surface area contributed by atoms with Crippen LogP contribution in [0.25, 0.3) is 0 Å². The molecule has 5 nitrogen and oxygen atoms in total. The van der Waals surface area contributed by atoms with Crippen LogP contribution in [0.3, 0.4) is 0 Å². The maximum atomic E-state index is 10.5. The molecule has 0 saturated heterocycles. The Morgan fingerprint density at radius 3 is 2.33 bits per heavy atom. The number of carboxylic acid groups (broad SMARTS) is 1. The number of benzene rings is 1. The van der Waals surface area contributed by atoms with Gasteiger partial charge in [0.05, 0.1) is 0 Å². The number of carbonyl (C=O) groups is 1. The molecule has 0 aliphatic rings. The van der Waals surface area contributed by atoms with Gasteiger partial charge in [-0.1, -0.05) is 24.3 Å². The van der Waals surface area contributed by atoms with E-state index in [1.54, 1.807) is 24.3 Å². The predicted molar refractivity (Wildman–Crippen MR) is 56.8 cm³/mol. The third kappa shape index (κ3) is 3.07. The maximum absolute atomic E-state index is 10.5. The van der Waals surface area contributed by atoms with Crippen LogP contribution >= 0.6 is 0 Å². The van der Waals surface area contributed by atoms with E-state index in [1.807, 2.05) is 0 Å². The van der Waals surface area contributed by atoms with E-state index in [-0.39, 0.29) is 12.3 Å². The summed E-state index contributed by atoms with van der Waals surface area (Å²) in [7, 11) is 0. The number of nitrogens with two attached hydrogens (primary N) is 2. The van der Waals surface area contributed by atoms with Gasteiger partial charge in [0, 0.05) is 5.56 Å². The topological polar surface area (TPSA) is 113 Å². The molecule has 0 fully saturated rings. The second kappa shape index (κ2) is 4.56. The Bertz CT molecular complexity index is 373. The SMILES string of the molecule is N=C(N)c1ccc(C[C@@H](N)C(=O)O)cc1. The van der Waals surface area contributed by atoms with Crippen molar-refractivity contribution in [3.63, 3.8) is 0 Å². The molecule has 0 aliphatic heterocycles. The zero-order chi connectivity index (χ0) is 11.4. The first-order chi connectivity index (χ1) is 7.00. The van der Waals surface area contributed by atoms with Crippen LogP contribution < -0.4 is 11.5 Å². The van der Waals surface area contributed by atoms with Crippen molar-refractivity contribution in [1.29, 1.82) is 5.41 Å². The van der Waals surface area contributed by atoms with Crippen LogP contribution in [0, 0.1) is 5.41 Å². The lowest BCUT2D eigenvalue weighted by Gasteiger charge is -2.06. The lowest BCUT2D eigenvalue weighted by atomic mass is 10.0. The van der Waals surface area contributed by atoms with Crippen LogP contribution in [0.5, 0.6) is 0 Å². The molecule has 0 bridgehead atoms. The second-order valence-electron chi connectivity index (χ2n) is 3.26. The highest BCUT2D eigenvalue weighted by Gasteiger charge is 2.11. The van der Waals surface area contributed by atoms with Gasteiger partial charge in [0.15, 0.2) is 0 Å². The zero-order valence-electron chi connectivity index (χ0n) is 8.10. The van der Waals surface area contributed by atoms with Crippen molar-refractivity contribution in [3.8, 4) is 0 Å². The highest BCUT2D eigenvalue weighted by molar-refractivity contribution is 5.94. The molecule has 1 aromatic rings. The summed E-state index contributed by atoms with van der Waals surface area (Å²) < 4.78 is 0. The quantitative estimate of drug-likeness (QED) is 0.408. The number of rotatable bonds is 4. The van der Waals surface area contributed by atoms with E-state index in [2.05, 4.69) is 0 Å². The summed E-state index contributed by atoms with van der Waals surface area (Å²) in [6, 6.07) is 5.89. The van der Waals surface area contributed by atoms with Crippen molar-refractivity contribution >= 4 is 11.8 Å². The molecule has 15 heavy (non-hydrogen) atoms. The molecule has 0 amide bonds. The molecular weight excluding hydrogens is 194 g/mol. The van der Waals surface area contributed by atoms with Crippen LogP contribution in [0.15, 0.2) is 24.3 Å². The summed E-state index contributed by atoms with van der Waals surface area (Å²) in [6.45, 7) is 0. The normalized spacial score (nSPS) is 12.1. The Labute approximate surface area is 87.2 Å². The number of hydrogen-bond donors (Lipinski definition) is 4. The van der Waals surface area contributed by atoms with Gasteiger partial charge < -0.3 is 16.6 Å². The summed E-state index contributed by atoms with van der Waals surface area (Å²) in [5.41, 5.74) is 12.1. The summed E-state index contributed by atoms with van der Waals surface area (Å²) in [4.78, 5) is 10.5. The van der Waals surface area contributed by atoms with Crippen molar-refractivity contribution in [2.24, 2.45) is 11.5 Å². The number of nitrogen functional groups attached to an aromatic ring is 1. The number of carboxylic acids is 1. The average Bonchev–Trinajstić information content (AvgIpc) is 2.18. The minimum Gasteiger partial charge on any atom is -0.480 e. The number of amidine groups is 1. The van der Waals surface area contributed by atoms with Crippen molar-refractivity contribution in [1.82, 2.24) is 0 Å². The molecule has 0 heterocycles. The number of aliphatic carboxylic acids is 1. The van der Waals surface area contributed by atoms with Crippen LogP contribution in [0.2, 0.25) is 0 Å². The molecule has 0 aromatic heterocycles. The largest absolute Gasteiger partial charge is 0.480 e. The van der Waals surface area contributed by atoms with Gasteiger partial charge in [0.2, 0.25) is 0 Å². The second-order valence-corrected chi connectivity index (χ2v) is 3.26. The molecule has 1 aromatic carbocycles. The van der Waals surface area contributed by atoms with Crippen molar-refractivity contribution in [2.45, 2.75) is 12.5 Å². The van der Waals surface area contributed by atoms with Crippen LogP contribution in [0.1, 0.15) is 11.1 Å². The van der Waals surface area contributed by atoms with Gasteiger partial charge in [-0.3, -0.25) is 10.2 Å². The highest BCUT2D eigenvalue weighted by Crippen LogP contribution is 2.06. The van der Waals surface area contributed by atoms with Crippen LogP contribution in [-0.2, 0) is 11.2 Å². The van der Waals surface area contributed by atoms with Gasteiger partial charge in [-0.15, -0.1) is 0 Å². The third-order valence-corrected chi connectivity index (χ3v) is 2.04. The van der Waals surface area contributed by atoms with Gasteiger partial charge in [-0.25, -0.2) is 0 Å². The first-order valence-electron chi connectivity index (χ1n) is 4.42. The van der Waals surface area contributed by atoms with Gasteiger partial charge in [-0.2, -0.15) is 0 Å². The molecular formula is C10H13N3O2. The molecule has 0 radical (unpaired) electrons. The van der Waals surface area contributed by atoms with Crippen LogP contribution in [-0.4, -0.2) is 23.0 Å². The van der Waals surface area contributed by atoms with E-state index in [4.69, 9.17) is 22.0 Å². The van der Waals surface area contributed by atoms with Crippen LogP contribution in [0.4, 0.5) is 0 Å². The minimum absolute atomic E-state index is 0.0101. The molecule has 0 aliphatic carbocycles. The van der Waals surface area contributed by atoms with Crippen molar-refractivity contribution in [2.75, 3.05) is 0 Å². The van der Waals surface area contributed by atoms with E-state index >= 15 is 0 Å². The fourth-order valence-corrected chi connectivity index (χ4v) is 1.16. The molecule has 1 rings (SSSR count). The van der Waals surface area contributed by atoms with Gasteiger partial charge in [0.25, 0.3) is 0 Å². The zero-order valence-corrected chi connectivity index (χ0v) is 8.10.